The first-order chi connectivity index (χ1) is 9.52. The summed E-state index contributed by atoms with van der Waals surface area (Å²) < 4.78 is 1.99. The molecule has 0 saturated carbocycles. The molecule has 0 saturated heterocycles. The lowest BCUT2D eigenvalue weighted by Crippen LogP contribution is -2.39. The standard InChI is InChI=1S/C14H21N3O2S/c1-10(2)16(5-4-6-18)13(19)7-12-9-20-14-15-11(3)8-17(12)14/h8-10,18H,4-7H2,1-3H3. The number of fused-ring (bicyclic) bond motifs is 1. The van der Waals surface area contributed by atoms with Crippen LogP contribution in [-0.2, 0) is 11.2 Å². The second-order valence-corrected chi connectivity index (χ2v) is 6.03. The molecule has 0 fully saturated rings. The fourth-order valence-corrected chi connectivity index (χ4v) is 3.16. The highest BCUT2D eigenvalue weighted by Gasteiger charge is 2.18. The molecule has 1 N–H and O–H groups in total. The summed E-state index contributed by atoms with van der Waals surface area (Å²) in [5.41, 5.74) is 1.94. The van der Waals surface area contributed by atoms with Crippen LogP contribution in [0.25, 0.3) is 4.96 Å². The largest absolute Gasteiger partial charge is 0.396 e. The molecular weight excluding hydrogens is 274 g/mol. The van der Waals surface area contributed by atoms with Crippen LogP contribution in [-0.4, -0.2) is 44.5 Å². The maximum atomic E-state index is 12.4. The molecule has 6 heteroatoms. The van der Waals surface area contributed by atoms with Gasteiger partial charge in [-0.25, -0.2) is 4.98 Å². The fraction of sp³-hybridized carbons (Fsp3) is 0.571. The van der Waals surface area contributed by atoms with Crippen molar-refractivity contribution in [3.05, 3.63) is 23.0 Å². The van der Waals surface area contributed by atoms with Crippen LogP contribution in [0.3, 0.4) is 0 Å². The molecule has 0 atom stereocenters. The Morgan fingerprint density at radius 2 is 2.30 bits per heavy atom. The summed E-state index contributed by atoms with van der Waals surface area (Å²) in [6.07, 6.45) is 2.95. The van der Waals surface area contributed by atoms with Crippen molar-refractivity contribution in [2.24, 2.45) is 0 Å². The summed E-state index contributed by atoms with van der Waals surface area (Å²) in [7, 11) is 0. The first-order valence-corrected chi connectivity index (χ1v) is 7.73. The van der Waals surface area contributed by atoms with Crippen LogP contribution in [0.4, 0.5) is 0 Å². The van der Waals surface area contributed by atoms with Gasteiger partial charge in [0.2, 0.25) is 5.91 Å². The first kappa shape index (κ1) is 15.0. The highest BCUT2D eigenvalue weighted by molar-refractivity contribution is 7.15. The van der Waals surface area contributed by atoms with E-state index in [2.05, 4.69) is 4.98 Å². The van der Waals surface area contributed by atoms with Crippen molar-refractivity contribution in [1.82, 2.24) is 14.3 Å². The van der Waals surface area contributed by atoms with Gasteiger partial charge in [-0.1, -0.05) is 0 Å². The number of aromatic nitrogens is 2. The van der Waals surface area contributed by atoms with E-state index in [1.54, 1.807) is 11.3 Å². The quantitative estimate of drug-likeness (QED) is 0.885. The van der Waals surface area contributed by atoms with Crippen LogP contribution in [0, 0.1) is 6.92 Å². The van der Waals surface area contributed by atoms with Crippen LogP contribution in [0.15, 0.2) is 11.6 Å². The molecule has 2 rings (SSSR count). The maximum Gasteiger partial charge on any atom is 0.228 e. The number of carbonyl (C=O) groups is 1. The summed E-state index contributed by atoms with van der Waals surface area (Å²) >= 11 is 1.56. The normalized spacial score (nSPS) is 11.4. The van der Waals surface area contributed by atoms with Gasteiger partial charge in [-0.15, -0.1) is 11.3 Å². The predicted octanol–water partition coefficient (Wildman–Crippen LogP) is 1.87. The van der Waals surface area contributed by atoms with Crippen LogP contribution in [0.2, 0.25) is 0 Å². The average Bonchev–Trinajstić information content (AvgIpc) is 2.90. The molecule has 0 aromatic carbocycles. The Labute approximate surface area is 122 Å². The zero-order chi connectivity index (χ0) is 14.7. The zero-order valence-electron chi connectivity index (χ0n) is 12.2. The third-order valence-corrected chi connectivity index (χ3v) is 4.13. The van der Waals surface area contributed by atoms with E-state index in [1.165, 1.54) is 0 Å². The Kier molecular flexibility index (Phi) is 4.77. The molecular formula is C14H21N3O2S. The summed E-state index contributed by atoms with van der Waals surface area (Å²) in [4.78, 5) is 19.6. The minimum atomic E-state index is 0.0968. The molecule has 0 bridgehead atoms. The van der Waals surface area contributed by atoms with Crippen molar-refractivity contribution in [3.8, 4) is 0 Å². The number of imidazole rings is 1. The lowest BCUT2D eigenvalue weighted by atomic mass is 10.2. The van der Waals surface area contributed by atoms with Gasteiger partial charge in [-0.2, -0.15) is 0 Å². The first-order valence-electron chi connectivity index (χ1n) is 6.85. The SMILES string of the molecule is Cc1cn2c(CC(=O)N(CCCO)C(C)C)csc2n1. The molecule has 2 heterocycles. The van der Waals surface area contributed by atoms with E-state index >= 15 is 0 Å². The second kappa shape index (κ2) is 6.37. The minimum absolute atomic E-state index is 0.0968. The van der Waals surface area contributed by atoms with Gasteiger partial charge < -0.3 is 10.0 Å². The zero-order valence-corrected chi connectivity index (χ0v) is 13.0. The average molecular weight is 295 g/mol. The molecule has 0 radical (unpaired) electrons. The molecule has 2 aromatic rings. The van der Waals surface area contributed by atoms with Crippen molar-refractivity contribution < 1.29 is 9.90 Å². The second-order valence-electron chi connectivity index (χ2n) is 5.20. The van der Waals surface area contributed by atoms with Crippen LogP contribution >= 0.6 is 11.3 Å². The smallest absolute Gasteiger partial charge is 0.228 e. The minimum Gasteiger partial charge on any atom is -0.396 e. The number of aliphatic hydroxyl groups is 1. The topological polar surface area (TPSA) is 57.8 Å². The molecule has 2 aromatic heterocycles. The summed E-state index contributed by atoms with van der Waals surface area (Å²) in [5, 5.41) is 10.9. The van der Waals surface area contributed by atoms with Crippen molar-refractivity contribution in [2.75, 3.05) is 13.2 Å². The number of carbonyl (C=O) groups excluding carboxylic acids is 1. The highest BCUT2D eigenvalue weighted by atomic mass is 32.1. The van der Waals surface area contributed by atoms with Crippen molar-refractivity contribution in [2.45, 2.75) is 39.7 Å². The summed E-state index contributed by atoms with van der Waals surface area (Å²) in [6.45, 7) is 6.66. The van der Waals surface area contributed by atoms with Crippen LogP contribution in [0.1, 0.15) is 31.7 Å². The Morgan fingerprint density at radius 3 is 2.95 bits per heavy atom. The van der Waals surface area contributed by atoms with Gasteiger partial charge in [0.05, 0.1) is 12.1 Å². The molecule has 0 aliphatic carbocycles. The van der Waals surface area contributed by atoms with Gasteiger partial charge in [0.25, 0.3) is 0 Å². The lowest BCUT2D eigenvalue weighted by molar-refractivity contribution is -0.132. The number of thiazole rings is 1. The molecule has 110 valence electrons. The summed E-state index contributed by atoms with van der Waals surface area (Å²) in [6, 6.07) is 0.146. The van der Waals surface area contributed by atoms with E-state index in [-0.39, 0.29) is 18.6 Å². The van der Waals surface area contributed by atoms with Gasteiger partial charge >= 0.3 is 0 Å². The number of nitrogens with zero attached hydrogens (tertiary/aromatic N) is 3. The Morgan fingerprint density at radius 1 is 1.55 bits per heavy atom. The van der Waals surface area contributed by atoms with E-state index < -0.39 is 0 Å². The van der Waals surface area contributed by atoms with E-state index in [4.69, 9.17) is 5.11 Å². The van der Waals surface area contributed by atoms with Crippen LogP contribution in [0.5, 0.6) is 0 Å². The molecule has 0 aliphatic heterocycles. The number of amides is 1. The Hall–Kier alpha value is -1.40. The summed E-state index contributed by atoms with van der Waals surface area (Å²) in [5.74, 6) is 0.0968. The number of hydrogen-bond donors (Lipinski definition) is 1. The molecule has 1 amide bonds. The third kappa shape index (κ3) is 3.19. The van der Waals surface area contributed by atoms with Gasteiger partial charge in [0, 0.05) is 36.5 Å². The number of aliphatic hydroxyl groups excluding tert-OH is 1. The van der Waals surface area contributed by atoms with Gasteiger partial charge in [-0.05, 0) is 27.2 Å². The molecule has 0 spiro atoms. The van der Waals surface area contributed by atoms with Crippen molar-refractivity contribution >= 4 is 22.2 Å². The third-order valence-electron chi connectivity index (χ3n) is 3.24. The van der Waals surface area contributed by atoms with E-state index in [9.17, 15) is 4.79 Å². The van der Waals surface area contributed by atoms with E-state index in [0.717, 1.165) is 16.3 Å². The van der Waals surface area contributed by atoms with Crippen molar-refractivity contribution in [3.63, 3.8) is 0 Å². The van der Waals surface area contributed by atoms with Gasteiger partial charge in [0.1, 0.15) is 0 Å². The molecule has 0 aliphatic rings. The highest BCUT2D eigenvalue weighted by Crippen LogP contribution is 2.18. The molecule has 0 unspecified atom stereocenters. The Balaban J connectivity index is 2.12. The number of rotatable bonds is 6. The Bertz CT molecular complexity index is 588. The predicted molar refractivity (Wildman–Crippen MR) is 80.1 cm³/mol. The number of hydrogen-bond acceptors (Lipinski definition) is 4. The van der Waals surface area contributed by atoms with Gasteiger partial charge in [0.15, 0.2) is 4.96 Å². The number of aryl methyl sites for hydroxylation is 1. The monoisotopic (exact) mass is 295 g/mol. The van der Waals surface area contributed by atoms with E-state index in [0.29, 0.717) is 19.4 Å². The maximum absolute atomic E-state index is 12.4. The molecule has 20 heavy (non-hydrogen) atoms. The van der Waals surface area contributed by atoms with Crippen LogP contribution < -0.4 is 0 Å². The van der Waals surface area contributed by atoms with Gasteiger partial charge in [-0.3, -0.25) is 9.20 Å². The lowest BCUT2D eigenvalue weighted by Gasteiger charge is -2.26. The van der Waals surface area contributed by atoms with E-state index in [1.807, 2.05) is 41.6 Å². The molecule has 5 nitrogen and oxygen atoms in total. The fourth-order valence-electron chi connectivity index (χ4n) is 2.24. The van der Waals surface area contributed by atoms with Crippen molar-refractivity contribution in [1.29, 1.82) is 0 Å².